The molecule has 0 atom stereocenters. The predicted octanol–water partition coefficient (Wildman–Crippen LogP) is 5.72. The van der Waals surface area contributed by atoms with Crippen molar-refractivity contribution in [1.82, 2.24) is 0 Å². The summed E-state index contributed by atoms with van der Waals surface area (Å²) in [7, 11) is 0. The highest BCUT2D eigenvalue weighted by atomic mass is 19.4. The molecular weight excluding hydrogens is 379 g/mol. The first kappa shape index (κ1) is 18.7. The van der Waals surface area contributed by atoms with Gasteiger partial charge in [0.25, 0.3) is 0 Å². The summed E-state index contributed by atoms with van der Waals surface area (Å²) >= 11 is 0. The molecule has 6 heteroatoms. The number of alkyl halides is 3. The Morgan fingerprint density at radius 1 is 0.759 bits per heavy atom. The first-order valence-electron chi connectivity index (χ1n) is 8.76. The number of halogens is 3. The van der Waals surface area contributed by atoms with Crippen LogP contribution >= 0.6 is 0 Å². The minimum Gasteiger partial charge on any atom is -0.402 e. The van der Waals surface area contributed by atoms with E-state index in [0.717, 1.165) is 23.3 Å². The molecule has 0 amide bonds. The average molecular weight is 393 g/mol. The lowest BCUT2D eigenvalue weighted by Crippen LogP contribution is -2.08. The summed E-state index contributed by atoms with van der Waals surface area (Å²) in [5.74, 6) is -0.727. The zero-order chi connectivity index (χ0) is 20.4. The summed E-state index contributed by atoms with van der Waals surface area (Å²) in [6, 6.07) is 22.0. The summed E-state index contributed by atoms with van der Waals surface area (Å²) in [4.78, 5) is 16.2. The van der Waals surface area contributed by atoms with E-state index in [-0.39, 0.29) is 17.2 Å². The van der Waals surface area contributed by atoms with Crippen molar-refractivity contribution in [3.63, 3.8) is 0 Å². The Morgan fingerprint density at radius 2 is 1.34 bits per heavy atom. The molecule has 0 saturated carbocycles. The van der Waals surface area contributed by atoms with Crippen LogP contribution in [0.15, 0.2) is 89.6 Å². The minimum atomic E-state index is -4.53. The number of esters is 1. The quantitative estimate of drug-likeness (QED) is 0.422. The topological polar surface area (TPSA) is 38.7 Å². The molecule has 3 aromatic carbocycles. The second-order valence-corrected chi connectivity index (χ2v) is 6.36. The molecule has 0 unspecified atom stereocenters. The van der Waals surface area contributed by atoms with Gasteiger partial charge in [-0.05, 0) is 41.0 Å². The molecule has 0 bridgehead atoms. The fourth-order valence-corrected chi connectivity index (χ4v) is 3.00. The molecule has 3 aromatic rings. The Balaban J connectivity index is 1.64. The van der Waals surface area contributed by atoms with E-state index in [0.29, 0.717) is 5.56 Å². The van der Waals surface area contributed by atoms with Gasteiger partial charge in [-0.15, -0.1) is 0 Å². The van der Waals surface area contributed by atoms with Gasteiger partial charge >= 0.3 is 12.1 Å². The smallest absolute Gasteiger partial charge is 0.402 e. The maximum atomic E-state index is 13.2. The van der Waals surface area contributed by atoms with E-state index in [1.807, 2.05) is 42.5 Å². The highest BCUT2D eigenvalue weighted by Crippen LogP contribution is 2.33. The molecule has 0 aliphatic carbocycles. The molecule has 144 valence electrons. The van der Waals surface area contributed by atoms with E-state index in [1.165, 1.54) is 18.2 Å². The molecule has 1 aliphatic rings. The maximum absolute atomic E-state index is 13.2. The zero-order valence-electron chi connectivity index (χ0n) is 15.0. The molecular formula is C23H14F3NO2. The van der Waals surface area contributed by atoms with E-state index in [4.69, 9.17) is 4.74 Å². The summed E-state index contributed by atoms with van der Waals surface area (Å²) in [6.07, 6.45) is -3.44. The highest BCUT2D eigenvalue weighted by molar-refractivity contribution is 6.13. The van der Waals surface area contributed by atoms with Crippen LogP contribution in [0.25, 0.3) is 17.2 Å². The molecule has 3 nitrogen and oxygen atoms in total. The Bertz CT molecular complexity index is 1110. The molecule has 0 saturated heterocycles. The van der Waals surface area contributed by atoms with Gasteiger partial charge in [0.15, 0.2) is 5.70 Å². The largest absolute Gasteiger partial charge is 0.416 e. The zero-order valence-corrected chi connectivity index (χ0v) is 15.0. The lowest BCUT2D eigenvalue weighted by atomic mass is 10.0. The summed E-state index contributed by atoms with van der Waals surface area (Å²) in [6.45, 7) is 0. The number of hydrogen-bond donors (Lipinski definition) is 0. The number of ether oxygens (including phenoxy) is 1. The van der Waals surface area contributed by atoms with Crippen molar-refractivity contribution in [2.75, 3.05) is 0 Å². The summed E-state index contributed by atoms with van der Waals surface area (Å²) in [5.41, 5.74) is 1.42. The molecule has 0 N–H and O–H groups in total. The van der Waals surface area contributed by atoms with Crippen molar-refractivity contribution in [3.05, 3.63) is 101 Å². The van der Waals surface area contributed by atoms with E-state index in [9.17, 15) is 18.0 Å². The Labute approximate surface area is 164 Å². The van der Waals surface area contributed by atoms with Crippen LogP contribution in [0.1, 0.15) is 16.7 Å². The van der Waals surface area contributed by atoms with Gasteiger partial charge in [-0.2, -0.15) is 13.2 Å². The standard InChI is InChI=1S/C23H14F3NO2/c24-23(25,26)19-9-5-4-8-18(19)14-20-22(28)29-21(27-20)17-12-10-16(11-13-17)15-6-2-1-3-7-15/h1-14H/b20-14-. The van der Waals surface area contributed by atoms with Crippen LogP contribution in [-0.4, -0.2) is 11.9 Å². The van der Waals surface area contributed by atoms with E-state index < -0.39 is 17.7 Å². The number of carbonyl (C=O) groups excluding carboxylic acids is 1. The number of benzene rings is 3. The third-order valence-electron chi connectivity index (χ3n) is 4.42. The van der Waals surface area contributed by atoms with Crippen molar-refractivity contribution in [2.45, 2.75) is 6.18 Å². The lowest BCUT2D eigenvalue weighted by Gasteiger charge is -2.09. The Morgan fingerprint density at radius 3 is 2.03 bits per heavy atom. The van der Waals surface area contributed by atoms with Crippen LogP contribution in [0.5, 0.6) is 0 Å². The van der Waals surface area contributed by atoms with E-state index in [2.05, 4.69) is 4.99 Å². The molecule has 1 aliphatic heterocycles. The average Bonchev–Trinajstić information content (AvgIpc) is 3.09. The third-order valence-corrected chi connectivity index (χ3v) is 4.42. The van der Waals surface area contributed by atoms with Crippen LogP contribution in [0, 0.1) is 0 Å². The van der Waals surface area contributed by atoms with Gasteiger partial charge in [0.1, 0.15) is 0 Å². The third kappa shape index (κ3) is 3.96. The molecule has 1 heterocycles. The molecule has 0 spiro atoms. The van der Waals surface area contributed by atoms with E-state index in [1.54, 1.807) is 12.1 Å². The van der Waals surface area contributed by atoms with Crippen LogP contribution in [0.4, 0.5) is 13.2 Å². The lowest BCUT2D eigenvalue weighted by molar-refractivity contribution is -0.137. The van der Waals surface area contributed by atoms with Gasteiger partial charge in [0, 0.05) is 5.56 Å². The van der Waals surface area contributed by atoms with Crippen LogP contribution in [0.2, 0.25) is 0 Å². The molecule has 4 rings (SSSR count). The van der Waals surface area contributed by atoms with Gasteiger partial charge in [-0.25, -0.2) is 9.79 Å². The van der Waals surface area contributed by atoms with Crippen molar-refractivity contribution in [3.8, 4) is 11.1 Å². The monoisotopic (exact) mass is 393 g/mol. The van der Waals surface area contributed by atoms with Crippen molar-refractivity contribution in [2.24, 2.45) is 4.99 Å². The molecule has 0 fully saturated rings. The SMILES string of the molecule is O=C1OC(c2ccc(-c3ccccc3)cc2)=N/C1=C\c1ccccc1C(F)(F)F. The maximum Gasteiger partial charge on any atom is 0.416 e. The molecule has 29 heavy (non-hydrogen) atoms. The minimum absolute atomic E-state index is 0.0605. The van der Waals surface area contributed by atoms with Gasteiger partial charge in [0.05, 0.1) is 5.56 Å². The Kier molecular flexibility index (Phi) is 4.76. The first-order chi connectivity index (χ1) is 13.9. The predicted molar refractivity (Wildman–Crippen MR) is 104 cm³/mol. The number of aliphatic imine (C=N–C) groups is 1. The molecule has 0 radical (unpaired) electrons. The Hall–Kier alpha value is -3.67. The fourth-order valence-electron chi connectivity index (χ4n) is 3.00. The number of cyclic esters (lactones) is 1. The number of hydrogen-bond acceptors (Lipinski definition) is 3. The van der Waals surface area contributed by atoms with Gasteiger partial charge in [-0.3, -0.25) is 0 Å². The van der Waals surface area contributed by atoms with Crippen LogP contribution < -0.4 is 0 Å². The number of carbonyl (C=O) groups is 1. The van der Waals surface area contributed by atoms with Gasteiger partial charge in [-0.1, -0.05) is 60.7 Å². The highest BCUT2D eigenvalue weighted by Gasteiger charge is 2.33. The van der Waals surface area contributed by atoms with Crippen molar-refractivity contribution >= 4 is 17.9 Å². The van der Waals surface area contributed by atoms with Gasteiger partial charge in [0.2, 0.25) is 5.90 Å². The van der Waals surface area contributed by atoms with Gasteiger partial charge < -0.3 is 4.74 Å². The second-order valence-electron chi connectivity index (χ2n) is 6.36. The fraction of sp³-hybridized carbons (Fsp3) is 0.0435. The number of nitrogens with zero attached hydrogens (tertiary/aromatic N) is 1. The summed E-state index contributed by atoms with van der Waals surface area (Å²) < 4.78 is 44.6. The molecule has 0 aromatic heterocycles. The van der Waals surface area contributed by atoms with Crippen LogP contribution in [0.3, 0.4) is 0 Å². The van der Waals surface area contributed by atoms with Crippen LogP contribution in [-0.2, 0) is 15.7 Å². The first-order valence-corrected chi connectivity index (χ1v) is 8.76. The van der Waals surface area contributed by atoms with Crippen molar-refractivity contribution in [1.29, 1.82) is 0 Å². The second kappa shape index (κ2) is 7.39. The summed E-state index contributed by atoms with van der Waals surface area (Å²) in [5, 5.41) is 0. The van der Waals surface area contributed by atoms with E-state index >= 15 is 0 Å². The normalized spacial score (nSPS) is 15.3. The number of rotatable bonds is 3. The van der Waals surface area contributed by atoms with Crippen molar-refractivity contribution < 1.29 is 22.7 Å².